The van der Waals surface area contributed by atoms with Gasteiger partial charge >= 0.3 is 0 Å². The lowest BCUT2D eigenvalue weighted by Crippen LogP contribution is -2.46. The van der Waals surface area contributed by atoms with Crippen LogP contribution in [0, 0.1) is 5.92 Å². The largest absolute Gasteiger partial charge is 0.432 e. The van der Waals surface area contributed by atoms with E-state index in [2.05, 4.69) is 22.0 Å². The Morgan fingerprint density at radius 2 is 1.83 bits per heavy atom. The van der Waals surface area contributed by atoms with Gasteiger partial charge in [-0.25, -0.2) is 0 Å². The molecule has 1 spiro atoms. The molecule has 3 amide bonds. The zero-order valence-corrected chi connectivity index (χ0v) is 30.2. The molecule has 9 nitrogen and oxygen atoms in total. The molecule has 0 unspecified atom stereocenters. The van der Waals surface area contributed by atoms with Crippen molar-refractivity contribution in [3.63, 3.8) is 0 Å². The molecule has 2 N–H and O–H groups in total. The first kappa shape index (κ1) is 33.2. The molecular weight excluding hydrogens is 690 g/mol. The van der Waals surface area contributed by atoms with Gasteiger partial charge in [0.25, 0.3) is 5.91 Å². The predicted molar refractivity (Wildman–Crippen MR) is 189 cm³/mol. The molecule has 2 saturated heterocycles. The van der Waals surface area contributed by atoms with E-state index in [1.165, 1.54) is 0 Å². The highest BCUT2D eigenvalue weighted by Gasteiger charge is 2.66. The number of ether oxygens (including phenoxy) is 1. The van der Waals surface area contributed by atoms with Gasteiger partial charge in [0.05, 0.1) is 43.1 Å². The van der Waals surface area contributed by atoms with Crippen molar-refractivity contribution in [1.82, 2.24) is 4.90 Å². The lowest BCUT2D eigenvalue weighted by molar-refractivity contribution is -0.150. The maximum absolute atomic E-state index is 14.9. The molecule has 3 aromatic carbocycles. The molecule has 48 heavy (non-hydrogen) atoms. The van der Waals surface area contributed by atoms with Crippen molar-refractivity contribution >= 4 is 59.0 Å². The monoisotopic (exact) mass is 731 g/mol. The number of amides is 3. The summed E-state index contributed by atoms with van der Waals surface area (Å²) in [6.45, 7) is 6.42. The smallest absolute Gasteiger partial charge is 0.264 e. The van der Waals surface area contributed by atoms with E-state index in [1.54, 1.807) is 14.7 Å². The number of hydrogen-bond donors (Lipinski definition) is 2. The van der Waals surface area contributed by atoms with Gasteiger partial charge < -0.3 is 24.4 Å². The van der Waals surface area contributed by atoms with E-state index < -0.39 is 25.9 Å². The summed E-state index contributed by atoms with van der Waals surface area (Å²) in [6.07, 6.45) is 2.10. The van der Waals surface area contributed by atoms with Gasteiger partial charge in [-0.2, -0.15) is 0 Å². The lowest BCUT2D eigenvalue weighted by atomic mass is 9.82. The summed E-state index contributed by atoms with van der Waals surface area (Å²) in [4.78, 5) is 58.6. The zero-order valence-electron chi connectivity index (χ0n) is 27.6. The first-order valence-electron chi connectivity index (χ1n) is 16.9. The highest BCUT2D eigenvalue weighted by atomic mass is 79.9. The molecule has 0 aromatic heterocycles. The fraction of sp³-hybridized carbons (Fsp3) is 0.432. The Morgan fingerprint density at radius 3 is 2.60 bits per heavy atom. The quantitative estimate of drug-likeness (QED) is 0.299. The number of likely N-dealkylation sites (tertiary alicyclic amines) is 1. The first-order chi connectivity index (χ1) is 22.9. The van der Waals surface area contributed by atoms with E-state index >= 15 is 0 Å². The van der Waals surface area contributed by atoms with Crippen LogP contribution in [-0.4, -0.2) is 66.1 Å². The molecule has 11 heteroatoms. The number of carbonyl (C=O) groups excluding carboxylic acids is 3. The van der Waals surface area contributed by atoms with Crippen molar-refractivity contribution < 1.29 is 29.0 Å². The van der Waals surface area contributed by atoms with E-state index in [-0.39, 0.29) is 48.9 Å². The van der Waals surface area contributed by atoms with Crippen LogP contribution in [0.3, 0.4) is 0 Å². The molecule has 252 valence electrons. The second kappa shape index (κ2) is 12.5. The minimum atomic E-state index is -2.96. The molecule has 5 atom stereocenters. The number of aliphatic hydroxyl groups is 1. The molecular formula is C37H42BrN3O6Si. The Bertz CT molecular complexity index is 1780. The standard InChI is InChI=1S/C37H42BrN3O6Si/c1-23-35(48(2,3)46)32(20-34(44)39-17-7-11-28(39)22-42)47-37(23)29-19-26(38)14-15-31(29)40(36(37)45)21-24-8-6-10-27(18-24)41-30-12-5-4-9-25(30)13-16-33(41)43/h4-6,8-10,12,14-15,18-19,23,28,32,35,42,46H,7,11,13,16-17,20-22H2,1-3H3/t23-,28+,32+,35-,37+/m1/s1. The first-order valence-corrected chi connectivity index (χ1v) is 20.7. The molecule has 4 heterocycles. The maximum Gasteiger partial charge on any atom is 0.264 e. The van der Waals surface area contributed by atoms with Crippen LogP contribution in [0.2, 0.25) is 18.6 Å². The Balaban J connectivity index is 1.23. The van der Waals surface area contributed by atoms with Crippen LogP contribution in [0.5, 0.6) is 0 Å². The van der Waals surface area contributed by atoms with Crippen LogP contribution in [-0.2, 0) is 37.7 Å². The SMILES string of the molecule is C[C@@H]1[C@@H]([Si](C)(C)O)[C@H](CC(=O)N2CCC[C@H]2CO)O[C@@]12C(=O)N(Cc1cccc(N3C(=O)CCc4ccccc43)c1)c1ccc(Br)cc12. The summed E-state index contributed by atoms with van der Waals surface area (Å²) in [5.41, 5.74) is 3.29. The van der Waals surface area contributed by atoms with Crippen LogP contribution in [0.4, 0.5) is 17.1 Å². The molecule has 3 aromatic rings. The number of para-hydroxylation sites is 1. The highest BCUT2D eigenvalue weighted by molar-refractivity contribution is 9.10. The van der Waals surface area contributed by atoms with Crippen molar-refractivity contribution in [2.75, 3.05) is 23.0 Å². The number of rotatable bonds is 7. The Hall–Kier alpha value is -3.35. The molecule has 0 bridgehead atoms. The summed E-state index contributed by atoms with van der Waals surface area (Å²) in [5, 5.41) is 9.87. The summed E-state index contributed by atoms with van der Waals surface area (Å²) >= 11 is 3.62. The van der Waals surface area contributed by atoms with Gasteiger partial charge in [0.1, 0.15) is 0 Å². The fourth-order valence-electron chi connectivity index (χ4n) is 8.74. The van der Waals surface area contributed by atoms with E-state index in [0.29, 0.717) is 19.4 Å². The molecule has 7 rings (SSSR count). The van der Waals surface area contributed by atoms with E-state index in [9.17, 15) is 24.3 Å². The molecule has 0 saturated carbocycles. The van der Waals surface area contributed by atoms with Crippen LogP contribution >= 0.6 is 15.9 Å². The van der Waals surface area contributed by atoms with Gasteiger partial charge in [-0.15, -0.1) is 0 Å². The van der Waals surface area contributed by atoms with Gasteiger partial charge in [-0.05, 0) is 79.9 Å². The number of aliphatic hydroxyl groups excluding tert-OH is 1. The summed E-state index contributed by atoms with van der Waals surface area (Å²) in [6, 6.07) is 21.3. The third kappa shape index (κ3) is 5.44. The van der Waals surface area contributed by atoms with Gasteiger partial charge in [0.15, 0.2) is 13.9 Å². The zero-order chi connectivity index (χ0) is 34.0. The third-order valence-electron chi connectivity index (χ3n) is 10.8. The number of hydrogen-bond acceptors (Lipinski definition) is 6. The minimum Gasteiger partial charge on any atom is -0.432 e. The van der Waals surface area contributed by atoms with Crippen LogP contribution < -0.4 is 9.80 Å². The average molecular weight is 733 g/mol. The van der Waals surface area contributed by atoms with Gasteiger partial charge in [-0.3, -0.25) is 19.3 Å². The second-order valence-electron chi connectivity index (χ2n) is 14.2. The summed E-state index contributed by atoms with van der Waals surface area (Å²) in [5.74, 6) is -0.715. The summed E-state index contributed by atoms with van der Waals surface area (Å²) < 4.78 is 7.69. The van der Waals surface area contributed by atoms with Gasteiger partial charge in [-0.1, -0.05) is 53.2 Å². The van der Waals surface area contributed by atoms with Crippen molar-refractivity contribution in [1.29, 1.82) is 0 Å². The van der Waals surface area contributed by atoms with E-state index in [4.69, 9.17) is 4.74 Å². The second-order valence-corrected chi connectivity index (χ2v) is 19.1. The van der Waals surface area contributed by atoms with Crippen LogP contribution in [0.25, 0.3) is 0 Å². The van der Waals surface area contributed by atoms with Crippen molar-refractivity contribution in [3.8, 4) is 0 Å². The van der Waals surface area contributed by atoms with Crippen LogP contribution in [0.1, 0.15) is 49.3 Å². The van der Waals surface area contributed by atoms with Gasteiger partial charge in [0, 0.05) is 40.1 Å². The van der Waals surface area contributed by atoms with E-state index in [1.807, 2.05) is 80.7 Å². The molecule has 4 aliphatic rings. The number of nitrogens with zero attached hydrogens (tertiary/aromatic N) is 3. The van der Waals surface area contributed by atoms with Crippen molar-refractivity contribution in [2.45, 2.75) is 82.0 Å². The fourth-order valence-corrected chi connectivity index (χ4v) is 11.7. The number of fused-ring (bicyclic) bond motifs is 3. The Morgan fingerprint density at radius 1 is 1.04 bits per heavy atom. The van der Waals surface area contributed by atoms with Gasteiger partial charge in [0.2, 0.25) is 11.8 Å². The van der Waals surface area contributed by atoms with Crippen molar-refractivity contribution in [2.24, 2.45) is 5.92 Å². The minimum absolute atomic E-state index is 0.0343. The van der Waals surface area contributed by atoms with Crippen molar-refractivity contribution in [3.05, 3.63) is 87.9 Å². The van der Waals surface area contributed by atoms with Crippen LogP contribution in [0.15, 0.2) is 71.2 Å². The lowest BCUT2D eigenvalue weighted by Gasteiger charge is -2.33. The number of aryl methyl sites for hydroxylation is 1. The number of benzene rings is 3. The Labute approximate surface area is 290 Å². The number of carbonyl (C=O) groups is 3. The predicted octanol–water partition coefficient (Wildman–Crippen LogP) is 5.78. The number of halogens is 1. The normalized spacial score (nSPS) is 26.8. The third-order valence-corrected chi connectivity index (χ3v) is 13.8. The average Bonchev–Trinajstić information content (AvgIpc) is 3.71. The summed E-state index contributed by atoms with van der Waals surface area (Å²) in [7, 11) is -2.96. The molecule has 0 aliphatic carbocycles. The maximum atomic E-state index is 14.9. The topological polar surface area (TPSA) is 111 Å². The highest BCUT2D eigenvalue weighted by Crippen LogP contribution is 2.60. The molecule has 4 aliphatic heterocycles. The molecule has 0 radical (unpaired) electrons. The number of anilines is 3. The Kier molecular flexibility index (Phi) is 8.64. The molecule has 2 fully saturated rings. The van der Waals surface area contributed by atoms with E-state index in [0.717, 1.165) is 51.1 Å².